The lowest BCUT2D eigenvalue weighted by Crippen LogP contribution is -2.57. The van der Waals surface area contributed by atoms with Crippen molar-refractivity contribution in [3.05, 3.63) is 0 Å². The van der Waals surface area contributed by atoms with Gasteiger partial charge in [-0.25, -0.2) is 4.79 Å². The smallest absolute Gasteiger partial charge is 0.344 e. The molecule has 1 rings (SSSR count). The minimum absolute atomic E-state index is 0.397. The van der Waals surface area contributed by atoms with Gasteiger partial charge in [0.1, 0.15) is 18.3 Å². The first-order chi connectivity index (χ1) is 6.97. The molecule has 7 heteroatoms. The lowest BCUT2D eigenvalue weighted by molar-refractivity contribution is -0.248. The van der Waals surface area contributed by atoms with E-state index in [-0.39, 0.29) is 0 Å². The summed E-state index contributed by atoms with van der Waals surface area (Å²) in [7, 11) is 0. The number of carbonyl (C=O) groups is 1. The zero-order valence-electron chi connectivity index (χ0n) is 8.11. The van der Waals surface area contributed by atoms with E-state index in [4.69, 9.17) is 9.99 Å². The molecule has 1 saturated heterocycles. The molecule has 0 aromatic rings. The Morgan fingerprint density at radius 2 is 1.87 bits per heavy atom. The average Bonchev–Trinajstić information content (AvgIpc) is 2.22. The highest BCUT2D eigenvalue weighted by Crippen LogP contribution is 2.22. The molecule has 0 aromatic heterocycles. The second-order valence-electron chi connectivity index (χ2n) is 3.52. The van der Waals surface area contributed by atoms with Crippen LogP contribution in [0, 0.1) is 0 Å². The van der Waals surface area contributed by atoms with E-state index in [0.29, 0.717) is 0 Å². The third kappa shape index (κ3) is 2.64. The summed E-state index contributed by atoms with van der Waals surface area (Å²) in [6, 6.07) is 0. The Kier molecular flexibility index (Phi) is 4.00. The molecule has 1 heterocycles. The molecule has 1 fully saturated rings. The van der Waals surface area contributed by atoms with E-state index in [2.05, 4.69) is 4.89 Å². The Labute approximate surface area is 85.8 Å². The number of aliphatic hydroxyl groups excluding tert-OH is 3. The fraction of sp³-hybridized carbons (Fsp3) is 0.875. The van der Waals surface area contributed by atoms with Crippen molar-refractivity contribution >= 4 is 5.97 Å². The number of hydrogen-bond acceptors (Lipinski definition) is 7. The van der Waals surface area contributed by atoms with Crippen LogP contribution in [0.2, 0.25) is 0 Å². The van der Waals surface area contributed by atoms with Crippen molar-refractivity contribution < 1.29 is 35.0 Å². The molecule has 7 nitrogen and oxygen atoms in total. The van der Waals surface area contributed by atoms with Crippen molar-refractivity contribution in [3.63, 3.8) is 0 Å². The monoisotopic (exact) mass is 222 g/mol. The summed E-state index contributed by atoms with van der Waals surface area (Å²) in [5, 5.41) is 36.2. The Morgan fingerprint density at radius 1 is 1.27 bits per heavy atom. The van der Waals surface area contributed by atoms with Crippen molar-refractivity contribution in [2.24, 2.45) is 0 Å². The molecular weight excluding hydrogens is 208 g/mol. The maximum atomic E-state index is 10.7. The van der Waals surface area contributed by atoms with Crippen LogP contribution in [0.5, 0.6) is 0 Å². The summed E-state index contributed by atoms with van der Waals surface area (Å²) >= 11 is 0. The van der Waals surface area contributed by atoms with E-state index in [1.54, 1.807) is 0 Å². The molecule has 0 aromatic carbocycles. The summed E-state index contributed by atoms with van der Waals surface area (Å²) in [6.07, 6.45) is -6.09. The standard InChI is InChI=1S/C8H14O7/c1-3-6(10)8(12)7(11)4(14-3)2-5(9)15-13/h3-4,6-8,10-13H,2H2,1H3/t3-,4-,6+,7+,8+/m0/s1. The quantitative estimate of drug-likeness (QED) is 0.324. The highest BCUT2D eigenvalue weighted by Gasteiger charge is 2.42. The van der Waals surface area contributed by atoms with Crippen molar-refractivity contribution in [1.29, 1.82) is 0 Å². The van der Waals surface area contributed by atoms with Crippen LogP contribution in [0.3, 0.4) is 0 Å². The molecule has 15 heavy (non-hydrogen) atoms. The summed E-state index contributed by atoms with van der Waals surface area (Å²) in [4.78, 5) is 14.1. The highest BCUT2D eigenvalue weighted by atomic mass is 17.1. The SMILES string of the molecule is C[C@@H]1O[C@@H](CC(=O)OO)[C@@H](O)[C@H](O)[C@@H]1O. The fourth-order valence-corrected chi connectivity index (χ4v) is 1.51. The van der Waals surface area contributed by atoms with Crippen LogP contribution in [0.4, 0.5) is 0 Å². The van der Waals surface area contributed by atoms with Gasteiger partial charge in [0.25, 0.3) is 0 Å². The maximum absolute atomic E-state index is 10.7. The second kappa shape index (κ2) is 4.86. The summed E-state index contributed by atoms with van der Waals surface area (Å²) in [5.74, 6) is -0.977. The zero-order chi connectivity index (χ0) is 11.6. The minimum Gasteiger partial charge on any atom is -0.388 e. The fourth-order valence-electron chi connectivity index (χ4n) is 1.51. The molecule has 0 aliphatic carbocycles. The molecular formula is C8H14O7. The first kappa shape index (κ1) is 12.3. The lowest BCUT2D eigenvalue weighted by atomic mass is 9.94. The molecule has 88 valence electrons. The van der Waals surface area contributed by atoms with Gasteiger partial charge in [0.05, 0.1) is 18.6 Å². The van der Waals surface area contributed by atoms with E-state index >= 15 is 0 Å². The van der Waals surface area contributed by atoms with E-state index in [1.165, 1.54) is 6.92 Å². The normalized spacial score (nSPS) is 41.3. The number of carbonyl (C=O) groups excluding carboxylic acids is 1. The van der Waals surface area contributed by atoms with Gasteiger partial charge in [-0.05, 0) is 6.92 Å². The summed E-state index contributed by atoms with van der Waals surface area (Å²) in [6.45, 7) is 1.50. The zero-order valence-corrected chi connectivity index (χ0v) is 8.11. The molecule has 0 amide bonds. The van der Waals surface area contributed by atoms with Crippen molar-refractivity contribution in [2.45, 2.75) is 43.9 Å². The van der Waals surface area contributed by atoms with Gasteiger partial charge in [-0.15, -0.1) is 0 Å². The van der Waals surface area contributed by atoms with Gasteiger partial charge in [-0.2, -0.15) is 5.26 Å². The van der Waals surface area contributed by atoms with Crippen LogP contribution in [0.15, 0.2) is 0 Å². The number of aliphatic hydroxyl groups is 3. The highest BCUT2D eigenvalue weighted by molar-refractivity contribution is 5.69. The van der Waals surface area contributed by atoms with Crippen molar-refractivity contribution in [3.8, 4) is 0 Å². The van der Waals surface area contributed by atoms with E-state index in [9.17, 15) is 20.1 Å². The van der Waals surface area contributed by atoms with E-state index in [0.717, 1.165) is 0 Å². The van der Waals surface area contributed by atoms with Crippen LogP contribution >= 0.6 is 0 Å². The minimum atomic E-state index is -1.39. The van der Waals surface area contributed by atoms with Gasteiger partial charge >= 0.3 is 5.97 Å². The molecule has 4 N–H and O–H groups in total. The van der Waals surface area contributed by atoms with Gasteiger partial charge in [-0.1, -0.05) is 0 Å². The number of rotatable bonds is 2. The first-order valence-electron chi connectivity index (χ1n) is 4.51. The van der Waals surface area contributed by atoms with Gasteiger partial charge < -0.3 is 24.9 Å². The van der Waals surface area contributed by atoms with Crippen LogP contribution in [-0.2, 0) is 14.4 Å². The van der Waals surface area contributed by atoms with Crippen LogP contribution < -0.4 is 0 Å². The number of ether oxygens (including phenoxy) is 1. The Morgan fingerprint density at radius 3 is 2.40 bits per heavy atom. The molecule has 0 bridgehead atoms. The van der Waals surface area contributed by atoms with Crippen LogP contribution in [0.1, 0.15) is 13.3 Å². The van der Waals surface area contributed by atoms with Crippen molar-refractivity contribution in [1.82, 2.24) is 0 Å². The Bertz CT molecular complexity index is 231. The molecule has 0 unspecified atom stereocenters. The lowest BCUT2D eigenvalue weighted by Gasteiger charge is -2.38. The van der Waals surface area contributed by atoms with E-state index in [1.807, 2.05) is 0 Å². The molecule has 0 spiro atoms. The molecule has 1 aliphatic rings. The average molecular weight is 222 g/mol. The van der Waals surface area contributed by atoms with Gasteiger partial charge in [0, 0.05) is 0 Å². The first-order valence-corrected chi connectivity index (χ1v) is 4.51. The molecule has 5 atom stereocenters. The molecule has 0 saturated carbocycles. The largest absolute Gasteiger partial charge is 0.388 e. The third-order valence-corrected chi connectivity index (χ3v) is 2.42. The summed E-state index contributed by atoms with van der Waals surface area (Å²) < 4.78 is 5.08. The molecule has 1 aliphatic heterocycles. The van der Waals surface area contributed by atoms with E-state index < -0.39 is 42.9 Å². The van der Waals surface area contributed by atoms with Crippen LogP contribution in [0.25, 0.3) is 0 Å². The van der Waals surface area contributed by atoms with Gasteiger partial charge in [-0.3, -0.25) is 0 Å². The Balaban J connectivity index is 2.62. The van der Waals surface area contributed by atoms with Crippen LogP contribution in [-0.4, -0.2) is 57.1 Å². The summed E-state index contributed by atoms with van der Waals surface area (Å²) in [5.41, 5.74) is 0. The predicted molar refractivity (Wildman–Crippen MR) is 45.7 cm³/mol. The number of hydrogen-bond donors (Lipinski definition) is 4. The second-order valence-corrected chi connectivity index (χ2v) is 3.52. The third-order valence-electron chi connectivity index (χ3n) is 2.42. The Hall–Kier alpha value is -0.730. The maximum Gasteiger partial charge on any atom is 0.344 e. The van der Waals surface area contributed by atoms with Gasteiger partial charge in [0.2, 0.25) is 0 Å². The topological polar surface area (TPSA) is 116 Å². The predicted octanol–water partition coefficient (Wildman–Crippen LogP) is -1.74. The molecule has 0 radical (unpaired) electrons. The van der Waals surface area contributed by atoms with Crippen molar-refractivity contribution in [2.75, 3.05) is 0 Å². The van der Waals surface area contributed by atoms with Gasteiger partial charge in [0.15, 0.2) is 0 Å².